The predicted molar refractivity (Wildman–Crippen MR) is 82.0 cm³/mol. The summed E-state index contributed by atoms with van der Waals surface area (Å²) in [6.45, 7) is 3.62. The van der Waals surface area contributed by atoms with Crippen molar-refractivity contribution in [1.29, 1.82) is 0 Å². The van der Waals surface area contributed by atoms with E-state index < -0.39 is 0 Å². The molecule has 114 valence electrons. The summed E-state index contributed by atoms with van der Waals surface area (Å²) in [5, 5.41) is 0. The van der Waals surface area contributed by atoms with E-state index in [2.05, 4.69) is 9.97 Å². The Hall–Kier alpha value is -2.63. The van der Waals surface area contributed by atoms with Gasteiger partial charge in [-0.25, -0.2) is 9.97 Å². The van der Waals surface area contributed by atoms with Gasteiger partial charge in [0.15, 0.2) is 0 Å². The maximum atomic E-state index is 12.4. The number of hydrogen-bond donors (Lipinski definition) is 1. The Morgan fingerprint density at radius 2 is 2.09 bits per heavy atom. The lowest BCUT2D eigenvalue weighted by Gasteiger charge is -2.15. The molecule has 0 saturated heterocycles. The molecule has 22 heavy (non-hydrogen) atoms. The zero-order chi connectivity index (χ0) is 15.5. The van der Waals surface area contributed by atoms with Gasteiger partial charge in [-0.1, -0.05) is 12.1 Å². The van der Waals surface area contributed by atoms with Crippen molar-refractivity contribution in [3.8, 4) is 5.75 Å². The van der Waals surface area contributed by atoms with Crippen LogP contribution in [0.2, 0.25) is 0 Å². The standard InChI is InChI=1S/C16H18N4O2/c1-2-22-13-5-3-11(4-6-13)7-15(21)20-9-12-8-18-16(17)19-14(12)10-20/h3-6,8H,2,7,9-10H2,1H3,(H2,17,18,19). The molecular weight excluding hydrogens is 280 g/mol. The normalized spacial score (nSPS) is 13.0. The van der Waals surface area contributed by atoms with Gasteiger partial charge in [0.05, 0.1) is 25.3 Å². The minimum atomic E-state index is 0.0701. The van der Waals surface area contributed by atoms with Crippen molar-refractivity contribution in [2.45, 2.75) is 26.4 Å². The van der Waals surface area contributed by atoms with E-state index in [0.717, 1.165) is 22.6 Å². The molecule has 2 aromatic rings. The first kappa shape index (κ1) is 14.3. The van der Waals surface area contributed by atoms with Gasteiger partial charge in [-0.2, -0.15) is 0 Å². The number of carbonyl (C=O) groups excluding carboxylic acids is 1. The van der Waals surface area contributed by atoms with Crippen LogP contribution in [-0.2, 0) is 24.3 Å². The van der Waals surface area contributed by atoms with Gasteiger partial charge in [-0.3, -0.25) is 4.79 Å². The number of nitrogens with two attached hydrogens (primary N) is 1. The Bertz CT molecular complexity index is 685. The molecule has 1 aliphatic rings. The van der Waals surface area contributed by atoms with Crippen molar-refractivity contribution in [2.24, 2.45) is 0 Å². The molecule has 0 unspecified atom stereocenters. The number of benzene rings is 1. The van der Waals surface area contributed by atoms with Crippen LogP contribution in [0.4, 0.5) is 5.95 Å². The summed E-state index contributed by atoms with van der Waals surface area (Å²) in [4.78, 5) is 22.3. The average Bonchev–Trinajstić information content (AvgIpc) is 2.92. The molecule has 1 aromatic carbocycles. The molecule has 2 N–H and O–H groups in total. The van der Waals surface area contributed by atoms with Gasteiger partial charge in [-0.05, 0) is 24.6 Å². The van der Waals surface area contributed by atoms with Gasteiger partial charge in [0, 0.05) is 18.3 Å². The first-order valence-electron chi connectivity index (χ1n) is 7.25. The molecule has 0 saturated carbocycles. The maximum Gasteiger partial charge on any atom is 0.227 e. The van der Waals surface area contributed by atoms with Crippen LogP contribution in [0, 0.1) is 0 Å². The average molecular weight is 298 g/mol. The minimum Gasteiger partial charge on any atom is -0.494 e. The third-order valence-electron chi connectivity index (χ3n) is 3.62. The zero-order valence-electron chi connectivity index (χ0n) is 12.5. The number of nitrogens with zero attached hydrogens (tertiary/aromatic N) is 3. The first-order valence-corrected chi connectivity index (χ1v) is 7.25. The van der Waals surface area contributed by atoms with E-state index in [9.17, 15) is 4.79 Å². The van der Waals surface area contributed by atoms with E-state index in [1.807, 2.05) is 31.2 Å². The lowest BCUT2D eigenvalue weighted by Crippen LogP contribution is -2.26. The second-order valence-corrected chi connectivity index (χ2v) is 5.20. The molecule has 6 nitrogen and oxygen atoms in total. The highest BCUT2D eigenvalue weighted by Gasteiger charge is 2.24. The number of fused-ring (bicyclic) bond motifs is 1. The summed E-state index contributed by atoms with van der Waals surface area (Å²) >= 11 is 0. The molecule has 1 amide bonds. The van der Waals surface area contributed by atoms with Crippen molar-refractivity contribution >= 4 is 11.9 Å². The van der Waals surface area contributed by atoms with E-state index in [0.29, 0.717) is 26.1 Å². The largest absolute Gasteiger partial charge is 0.494 e. The summed E-state index contributed by atoms with van der Waals surface area (Å²) < 4.78 is 5.40. The van der Waals surface area contributed by atoms with E-state index >= 15 is 0 Å². The van der Waals surface area contributed by atoms with Gasteiger partial charge < -0.3 is 15.4 Å². The molecule has 3 rings (SSSR count). The number of ether oxygens (including phenoxy) is 1. The van der Waals surface area contributed by atoms with Crippen molar-refractivity contribution in [3.05, 3.63) is 47.3 Å². The van der Waals surface area contributed by atoms with Crippen molar-refractivity contribution in [3.63, 3.8) is 0 Å². The monoisotopic (exact) mass is 298 g/mol. The molecule has 0 atom stereocenters. The Kier molecular flexibility index (Phi) is 3.91. The molecule has 0 aliphatic carbocycles. The molecule has 2 heterocycles. The fourth-order valence-electron chi connectivity index (χ4n) is 2.50. The van der Waals surface area contributed by atoms with Crippen LogP contribution >= 0.6 is 0 Å². The summed E-state index contributed by atoms with van der Waals surface area (Å²) in [5.41, 5.74) is 8.35. The number of anilines is 1. The van der Waals surface area contributed by atoms with Gasteiger partial charge >= 0.3 is 0 Å². The molecule has 1 aliphatic heterocycles. The van der Waals surface area contributed by atoms with Gasteiger partial charge in [-0.15, -0.1) is 0 Å². The van der Waals surface area contributed by atoms with Crippen LogP contribution in [-0.4, -0.2) is 27.4 Å². The second-order valence-electron chi connectivity index (χ2n) is 5.20. The Morgan fingerprint density at radius 1 is 1.32 bits per heavy atom. The molecule has 0 radical (unpaired) electrons. The molecule has 1 aromatic heterocycles. The summed E-state index contributed by atoms with van der Waals surface area (Å²) in [5.74, 6) is 1.14. The number of carbonyl (C=O) groups is 1. The summed E-state index contributed by atoms with van der Waals surface area (Å²) in [6.07, 6.45) is 2.06. The number of rotatable bonds is 4. The van der Waals surface area contributed by atoms with Crippen LogP contribution in [0.15, 0.2) is 30.5 Å². The lowest BCUT2D eigenvalue weighted by atomic mass is 10.1. The van der Waals surface area contributed by atoms with Crippen LogP contribution < -0.4 is 10.5 Å². The van der Waals surface area contributed by atoms with Crippen molar-refractivity contribution in [1.82, 2.24) is 14.9 Å². The number of hydrogen-bond acceptors (Lipinski definition) is 5. The first-order chi connectivity index (χ1) is 10.7. The fraction of sp³-hybridized carbons (Fsp3) is 0.312. The summed E-state index contributed by atoms with van der Waals surface area (Å²) in [7, 11) is 0. The Labute approximate surface area is 128 Å². The molecule has 6 heteroatoms. The third kappa shape index (κ3) is 3.00. The van der Waals surface area contributed by atoms with E-state index in [1.165, 1.54) is 0 Å². The van der Waals surface area contributed by atoms with Gasteiger partial charge in [0.1, 0.15) is 5.75 Å². The SMILES string of the molecule is CCOc1ccc(CC(=O)N2Cc3cnc(N)nc3C2)cc1. The predicted octanol–water partition coefficient (Wildman–Crippen LogP) is 1.54. The number of nitrogen functional groups attached to an aromatic ring is 1. The van der Waals surface area contributed by atoms with E-state index in [-0.39, 0.29) is 11.9 Å². The van der Waals surface area contributed by atoms with Crippen molar-refractivity contribution in [2.75, 3.05) is 12.3 Å². The highest BCUT2D eigenvalue weighted by atomic mass is 16.5. The molecule has 0 fully saturated rings. The van der Waals surface area contributed by atoms with Crippen LogP contribution in [0.1, 0.15) is 23.7 Å². The molecule has 0 bridgehead atoms. The topological polar surface area (TPSA) is 81.3 Å². The number of amides is 1. The smallest absolute Gasteiger partial charge is 0.227 e. The zero-order valence-corrected chi connectivity index (χ0v) is 12.5. The van der Waals surface area contributed by atoms with E-state index in [4.69, 9.17) is 10.5 Å². The quantitative estimate of drug-likeness (QED) is 0.926. The Morgan fingerprint density at radius 3 is 2.82 bits per heavy atom. The lowest BCUT2D eigenvalue weighted by molar-refractivity contribution is -0.131. The maximum absolute atomic E-state index is 12.4. The Balaban J connectivity index is 1.63. The third-order valence-corrected chi connectivity index (χ3v) is 3.62. The van der Waals surface area contributed by atoms with Gasteiger partial charge in [0.2, 0.25) is 11.9 Å². The minimum absolute atomic E-state index is 0.0701. The van der Waals surface area contributed by atoms with Crippen LogP contribution in [0.25, 0.3) is 0 Å². The number of aromatic nitrogens is 2. The molecule has 0 spiro atoms. The second kappa shape index (κ2) is 6.01. The fourth-order valence-corrected chi connectivity index (χ4v) is 2.50. The highest BCUT2D eigenvalue weighted by molar-refractivity contribution is 5.79. The molecular formula is C16H18N4O2. The van der Waals surface area contributed by atoms with Crippen molar-refractivity contribution < 1.29 is 9.53 Å². The van der Waals surface area contributed by atoms with Gasteiger partial charge in [0.25, 0.3) is 0 Å². The highest BCUT2D eigenvalue weighted by Crippen LogP contribution is 2.22. The van der Waals surface area contributed by atoms with Crippen LogP contribution in [0.5, 0.6) is 5.75 Å². The summed E-state index contributed by atoms with van der Waals surface area (Å²) in [6, 6.07) is 7.61. The van der Waals surface area contributed by atoms with Crippen LogP contribution in [0.3, 0.4) is 0 Å². The van der Waals surface area contributed by atoms with E-state index in [1.54, 1.807) is 11.1 Å².